The molecule has 0 spiro atoms. The van der Waals surface area contributed by atoms with E-state index in [2.05, 4.69) is 29.2 Å². The number of carbonyl (C=O) groups excluding carboxylic acids is 1. The van der Waals surface area contributed by atoms with Crippen LogP contribution < -0.4 is 0 Å². The molecule has 22 heavy (non-hydrogen) atoms. The summed E-state index contributed by atoms with van der Waals surface area (Å²) in [7, 11) is 4.09. The number of ketones is 1. The lowest BCUT2D eigenvalue weighted by Crippen LogP contribution is -2.07. The second-order valence-corrected chi connectivity index (χ2v) is 6.02. The van der Waals surface area contributed by atoms with Crippen LogP contribution in [0.25, 0.3) is 10.8 Å². The van der Waals surface area contributed by atoms with E-state index in [0.29, 0.717) is 6.42 Å². The Balaban J connectivity index is 1.66. The van der Waals surface area contributed by atoms with Crippen molar-refractivity contribution in [2.75, 3.05) is 14.1 Å². The zero-order valence-electron chi connectivity index (χ0n) is 13.2. The van der Waals surface area contributed by atoms with Crippen LogP contribution in [0.1, 0.15) is 29.6 Å². The Kier molecular flexibility index (Phi) is 4.10. The van der Waals surface area contributed by atoms with E-state index in [1.807, 2.05) is 44.4 Å². The lowest BCUT2D eigenvalue weighted by atomic mass is 10.00. The van der Waals surface area contributed by atoms with Gasteiger partial charge in [-0.1, -0.05) is 48.0 Å². The van der Waals surface area contributed by atoms with Crippen molar-refractivity contribution >= 4 is 16.6 Å². The predicted octanol–water partition coefficient (Wildman–Crippen LogP) is 4.58. The number of benzene rings is 2. The van der Waals surface area contributed by atoms with Crippen molar-refractivity contribution in [3.63, 3.8) is 0 Å². The number of hydrogen-bond acceptors (Lipinski definition) is 2. The van der Waals surface area contributed by atoms with Gasteiger partial charge in [-0.05, 0) is 35.8 Å². The topological polar surface area (TPSA) is 20.3 Å². The Morgan fingerprint density at radius 3 is 2.59 bits per heavy atom. The van der Waals surface area contributed by atoms with Gasteiger partial charge < -0.3 is 4.90 Å². The summed E-state index contributed by atoms with van der Waals surface area (Å²) in [4.78, 5) is 14.5. The summed E-state index contributed by atoms with van der Waals surface area (Å²) in [5, 5.41) is 2.31. The molecule has 0 N–H and O–H groups in total. The molecule has 1 aliphatic carbocycles. The number of likely N-dealkylation sites (N-methyl/N-ethyl adjacent to an activating group) is 1. The number of hydrogen-bond donors (Lipinski definition) is 0. The van der Waals surface area contributed by atoms with Crippen LogP contribution in [0.3, 0.4) is 0 Å². The zero-order chi connectivity index (χ0) is 15.5. The highest BCUT2D eigenvalue weighted by Gasteiger charge is 2.11. The summed E-state index contributed by atoms with van der Waals surface area (Å²) in [6, 6.07) is 14.1. The minimum atomic E-state index is 0.227. The van der Waals surface area contributed by atoms with E-state index in [4.69, 9.17) is 0 Å². The second kappa shape index (κ2) is 6.18. The SMILES string of the molecule is CN(C)C1=CCC(CCC(=O)c2ccc3ccccc3c2)=C1. The van der Waals surface area contributed by atoms with Gasteiger partial charge in [0.2, 0.25) is 0 Å². The van der Waals surface area contributed by atoms with E-state index in [1.165, 1.54) is 16.7 Å². The molecule has 2 aromatic rings. The third-order valence-electron chi connectivity index (χ3n) is 4.19. The fraction of sp³-hybridized carbons (Fsp3) is 0.250. The average Bonchev–Trinajstić information content (AvgIpc) is 3.01. The van der Waals surface area contributed by atoms with Gasteiger partial charge >= 0.3 is 0 Å². The average molecular weight is 291 g/mol. The first kappa shape index (κ1) is 14.6. The number of rotatable bonds is 5. The Bertz CT molecular complexity index is 768. The van der Waals surface area contributed by atoms with Crippen molar-refractivity contribution in [1.29, 1.82) is 0 Å². The molecular formula is C20H21NO. The fourth-order valence-electron chi connectivity index (χ4n) is 2.83. The quantitative estimate of drug-likeness (QED) is 0.752. The van der Waals surface area contributed by atoms with E-state index < -0.39 is 0 Å². The van der Waals surface area contributed by atoms with Crippen LogP contribution in [0.15, 0.2) is 65.9 Å². The highest BCUT2D eigenvalue weighted by atomic mass is 16.1. The van der Waals surface area contributed by atoms with Gasteiger partial charge in [0.15, 0.2) is 5.78 Å². The molecule has 2 aromatic carbocycles. The summed E-state index contributed by atoms with van der Waals surface area (Å²) in [6.45, 7) is 0. The molecule has 1 aliphatic rings. The van der Waals surface area contributed by atoms with Crippen LogP contribution in [-0.4, -0.2) is 24.8 Å². The monoisotopic (exact) mass is 291 g/mol. The summed E-state index contributed by atoms with van der Waals surface area (Å²) in [6.07, 6.45) is 6.82. The van der Waals surface area contributed by atoms with Crippen molar-refractivity contribution in [2.24, 2.45) is 0 Å². The largest absolute Gasteiger partial charge is 0.378 e. The molecule has 0 aliphatic heterocycles. The molecule has 0 saturated heterocycles. The molecule has 0 amide bonds. The third kappa shape index (κ3) is 3.11. The van der Waals surface area contributed by atoms with E-state index in [1.54, 1.807) is 0 Å². The number of nitrogens with zero attached hydrogens (tertiary/aromatic N) is 1. The molecule has 0 aromatic heterocycles. The molecule has 0 radical (unpaired) electrons. The van der Waals surface area contributed by atoms with Crippen LogP contribution in [0.5, 0.6) is 0 Å². The number of fused-ring (bicyclic) bond motifs is 1. The van der Waals surface area contributed by atoms with Gasteiger partial charge in [0.1, 0.15) is 0 Å². The van der Waals surface area contributed by atoms with Crippen molar-refractivity contribution in [1.82, 2.24) is 4.90 Å². The van der Waals surface area contributed by atoms with Crippen LogP contribution in [0, 0.1) is 0 Å². The third-order valence-corrected chi connectivity index (χ3v) is 4.19. The van der Waals surface area contributed by atoms with Crippen molar-refractivity contribution < 1.29 is 4.79 Å². The first-order chi connectivity index (χ1) is 10.6. The summed E-state index contributed by atoms with van der Waals surface area (Å²) in [5.74, 6) is 0.227. The van der Waals surface area contributed by atoms with E-state index in [9.17, 15) is 4.79 Å². The molecule has 3 rings (SSSR count). The molecule has 0 unspecified atom stereocenters. The van der Waals surface area contributed by atoms with Gasteiger partial charge in [0, 0.05) is 31.8 Å². The number of Topliss-reactive ketones (excluding diaryl/α,β-unsaturated/α-hetero) is 1. The Hall–Kier alpha value is -2.35. The number of allylic oxidation sites excluding steroid dienone is 3. The van der Waals surface area contributed by atoms with Crippen molar-refractivity contribution in [3.8, 4) is 0 Å². The highest BCUT2D eigenvalue weighted by Crippen LogP contribution is 2.24. The lowest BCUT2D eigenvalue weighted by molar-refractivity contribution is 0.0983. The van der Waals surface area contributed by atoms with E-state index >= 15 is 0 Å². The van der Waals surface area contributed by atoms with Crippen molar-refractivity contribution in [2.45, 2.75) is 19.3 Å². The highest BCUT2D eigenvalue weighted by molar-refractivity contribution is 6.00. The van der Waals surface area contributed by atoms with Gasteiger partial charge in [-0.25, -0.2) is 0 Å². The maximum atomic E-state index is 12.4. The van der Waals surface area contributed by atoms with Gasteiger partial charge in [0.25, 0.3) is 0 Å². The maximum Gasteiger partial charge on any atom is 0.163 e. The molecule has 2 nitrogen and oxygen atoms in total. The van der Waals surface area contributed by atoms with Crippen LogP contribution in [0.4, 0.5) is 0 Å². The normalized spacial score (nSPS) is 13.9. The smallest absolute Gasteiger partial charge is 0.163 e. The molecule has 112 valence electrons. The van der Waals surface area contributed by atoms with E-state index in [-0.39, 0.29) is 5.78 Å². The minimum Gasteiger partial charge on any atom is -0.378 e. The fourth-order valence-corrected chi connectivity index (χ4v) is 2.83. The first-order valence-corrected chi connectivity index (χ1v) is 7.72. The van der Waals surface area contributed by atoms with Crippen LogP contribution >= 0.6 is 0 Å². The molecule has 0 saturated carbocycles. The van der Waals surface area contributed by atoms with Gasteiger partial charge in [-0.3, -0.25) is 4.79 Å². The summed E-state index contributed by atoms with van der Waals surface area (Å²) >= 11 is 0. The lowest BCUT2D eigenvalue weighted by Gasteiger charge is -2.10. The Morgan fingerprint density at radius 1 is 1.09 bits per heavy atom. The zero-order valence-corrected chi connectivity index (χ0v) is 13.2. The molecule has 2 heteroatoms. The standard InChI is InChI=1S/C20H21NO/c1-21(2)19-11-7-15(13-19)8-12-20(22)18-10-9-16-5-3-4-6-17(16)14-18/h3-6,9-11,13-14H,7-8,12H2,1-2H3. The van der Waals surface area contributed by atoms with Crippen molar-refractivity contribution in [3.05, 3.63) is 71.5 Å². The van der Waals surface area contributed by atoms with Gasteiger partial charge in [-0.15, -0.1) is 0 Å². The molecule has 0 bridgehead atoms. The molecule has 0 heterocycles. The first-order valence-electron chi connectivity index (χ1n) is 7.72. The summed E-state index contributed by atoms with van der Waals surface area (Å²) < 4.78 is 0. The van der Waals surface area contributed by atoms with Crippen LogP contribution in [0.2, 0.25) is 0 Å². The molecule has 0 atom stereocenters. The van der Waals surface area contributed by atoms with E-state index in [0.717, 1.165) is 23.8 Å². The molecule has 0 fully saturated rings. The molecular weight excluding hydrogens is 270 g/mol. The summed E-state index contributed by atoms with van der Waals surface area (Å²) in [5.41, 5.74) is 3.41. The minimum absolute atomic E-state index is 0.227. The maximum absolute atomic E-state index is 12.4. The Morgan fingerprint density at radius 2 is 1.86 bits per heavy atom. The van der Waals surface area contributed by atoms with Gasteiger partial charge in [0.05, 0.1) is 0 Å². The predicted molar refractivity (Wildman–Crippen MR) is 92.0 cm³/mol. The Labute approximate surface area is 131 Å². The van der Waals surface area contributed by atoms with Gasteiger partial charge in [-0.2, -0.15) is 0 Å². The van der Waals surface area contributed by atoms with Crippen LogP contribution in [-0.2, 0) is 0 Å². The second-order valence-electron chi connectivity index (χ2n) is 6.02. The number of carbonyl (C=O) groups is 1.